The molecule has 1 fully saturated rings. The zero-order valence-electron chi connectivity index (χ0n) is 9.02. The van der Waals surface area contributed by atoms with Crippen LogP contribution >= 0.6 is 0 Å². The average Bonchev–Trinajstić information content (AvgIpc) is 2.81. The quantitative estimate of drug-likeness (QED) is 0.798. The Bertz CT molecular complexity index is 333. The van der Waals surface area contributed by atoms with Crippen LogP contribution in [0.1, 0.15) is 25.7 Å². The predicted octanol–water partition coefficient (Wildman–Crippen LogP) is 2.65. The summed E-state index contributed by atoms with van der Waals surface area (Å²) in [6.07, 6.45) is 3.92. The number of hydrogen-bond donors (Lipinski definition) is 1. The van der Waals surface area contributed by atoms with Crippen LogP contribution in [0.4, 0.5) is 4.79 Å². The Morgan fingerprint density at radius 1 is 1.19 bits per heavy atom. The van der Waals surface area contributed by atoms with Crippen LogP contribution in [0.3, 0.4) is 0 Å². The second kappa shape index (κ2) is 5.51. The minimum absolute atomic E-state index is 0.142. The van der Waals surface area contributed by atoms with Crippen LogP contribution in [-0.2, 0) is 4.84 Å². The number of para-hydroxylation sites is 1. The number of hydroxylamine groups is 1. The third kappa shape index (κ3) is 3.24. The van der Waals surface area contributed by atoms with Crippen molar-refractivity contribution < 1.29 is 14.4 Å². The van der Waals surface area contributed by atoms with E-state index in [0.717, 1.165) is 12.8 Å². The third-order valence-corrected chi connectivity index (χ3v) is 2.56. The van der Waals surface area contributed by atoms with Crippen molar-refractivity contribution in [3.8, 4) is 5.75 Å². The molecule has 0 aromatic heterocycles. The Labute approximate surface area is 94.5 Å². The Hall–Kier alpha value is -1.55. The monoisotopic (exact) mass is 221 g/mol. The number of ether oxygens (including phenoxy) is 1. The molecule has 4 heteroatoms. The maximum atomic E-state index is 11.3. The summed E-state index contributed by atoms with van der Waals surface area (Å²) in [5.41, 5.74) is 2.31. The molecule has 0 atom stereocenters. The third-order valence-electron chi connectivity index (χ3n) is 2.56. The molecule has 1 aromatic rings. The summed E-state index contributed by atoms with van der Waals surface area (Å²) in [6.45, 7) is 0. The molecule has 1 amide bonds. The van der Waals surface area contributed by atoms with Crippen molar-refractivity contribution in [3.63, 3.8) is 0 Å². The maximum Gasteiger partial charge on any atom is 0.436 e. The number of benzene rings is 1. The van der Waals surface area contributed by atoms with Crippen molar-refractivity contribution in [3.05, 3.63) is 30.3 Å². The van der Waals surface area contributed by atoms with Crippen LogP contribution in [0.5, 0.6) is 5.75 Å². The summed E-state index contributed by atoms with van der Waals surface area (Å²) in [5, 5.41) is 0. The molecule has 2 rings (SSSR count). The number of amides is 1. The van der Waals surface area contributed by atoms with Gasteiger partial charge in [0.1, 0.15) is 5.75 Å². The van der Waals surface area contributed by atoms with Crippen molar-refractivity contribution in [2.75, 3.05) is 0 Å². The summed E-state index contributed by atoms with van der Waals surface area (Å²) in [7, 11) is 0. The van der Waals surface area contributed by atoms with Crippen molar-refractivity contribution in [1.82, 2.24) is 5.48 Å². The molecule has 4 nitrogen and oxygen atoms in total. The Kier molecular flexibility index (Phi) is 3.77. The second-order valence-corrected chi connectivity index (χ2v) is 3.83. The normalized spacial score (nSPS) is 16.0. The molecule has 0 radical (unpaired) electrons. The summed E-state index contributed by atoms with van der Waals surface area (Å²) >= 11 is 0. The molecule has 86 valence electrons. The first-order valence-electron chi connectivity index (χ1n) is 5.53. The van der Waals surface area contributed by atoms with Gasteiger partial charge >= 0.3 is 6.09 Å². The second-order valence-electron chi connectivity index (χ2n) is 3.83. The fourth-order valence-electron chi connectivity index (χ4n) is 1.75. The Morgan fingerprint density at radius 3 is 2.56 bits per heavy atom. The lowest BCUT2D eigenvalue weighted by Crippen LogP contribution is -2.30. The van der Waals surface area contributed by atoms with Crippen LogP contribution in [0.2, 0.25) is 0 Å². The fraction of sp³-hybridized carbons (Fsp3) is 0.417. The van der Waals surface area contributed by atoms with Gasteiger partial charge in [0.25, 0.3) is 0 Å². The van der Waals surface area contributed by atoms with E-state index < -0.39 is 6.09 Å². The molecular formula is C12H15NO3. The molecule has 1 N–H and O–H groups in total. The van der Waals surface area contributed by atoms with Gasteiger partial charge in [0.2, 0.25) is 0 Å². The van der Waals surface area contributed by atoms with Crippen LogP contribution in [0, 0.1) is 0 Å². The van der Waals surface area contributed by atoms with Crippen molar-refractivity contribution in [2.45, 2.75) is 31.8 Å². The van der Waals surface area contributed by atoms with E-state index >= 15 is 0 Å². The number of carbonyl (C=O) groups excluding carboxylic acids is 1. The number of nitrogens with one attached hydrogen (secondary N) is 1. The zero-order valence-corrected chi connectivity index (χ0v) is 9.02. The van der Waals surface area contributed by atoms with Crippen molar-refractivity contribution in [2.24, 2.45) is 0 Å². The van der Waals surface area contributed by atoms with Crippen molar-refractivity contribution >= 4 is 6.09 Å². The molecule has 1 aliphatic carbocycles. The van der Waals surface area contributed by atoms with Crippen LogP contribution < -0.4 is 10.2 Å². The SMILES string of the molecule is O=C(NOC1CCCC1)Oc1ccccc1. The Balaban J connectivity index is 1.72. The topological polar surface area (TPSA) is 47.6 Å². The van der Waals surface area contributed by atoms with Gasteiger partial charge in [0, 0.05) is 0 Å². The fourth-order valence-corrected chi connectivity index (χ4v) is 1.75. The van der Waals surface area contributed by atoms with Gasteiger partial charge in [-0.15, -0.1) is 0 Å². The van der Waals surface area contributed by atoms with Gasteiger partial charge in [-0.3, -0.25) is 4.84 Å². The molecule has 16 heavy (non-hydrogen) atoms. The number of rotatable bonds is 3. The van der Waals surface area contributed by atoms with E-state index in [9.17, 15) is 4.79 Å². The molecule has 1 aromatic carbocycles. The van der Waals surface area contributed by atoms with E-state index in [4.69, 9.17) is 9.57 Å². The lowest BCUT2D eigenvalue weighted by molar-refractivity contribution is -0.00988. The largest absolute Gasteiger partial charge is 0.436 e. The highest BCUT2D eigenvalue weighted by molar-refractivity contribution is 5.69. The van der Waals surface area contributed by atoms with E-state index in [1.54, 1.807) is 24.3 Å². The molecule has 0 bridgehead atoms. The summed E-state index contributed by atoms with van der Waals surface area (Å²) in [4.78, 5) is 16.5. The molecule has 0 aliphatic heterocycles. The summed E-state index contributed by atoms with van der Waals surface area (Å²) in [5.74, 6) is 0.509. The van der Waals surface area contributed by atoms with Gasteiger partial charge in [-0.25, -0.2) is 4.79 Å². The van der Waals surface area contributed by atoms with Crippen molar-refractivity contribution in [1.29, 1.82) is 0 Å². The van der Waals surface area contributed by atoms with E-state index in [1.165, 1.54) is 12.8 Å². The molecule has 1 saturated carbocycles. The molecule has 0 saturated heterocycles. The van der Waals surface area contributed by atoms with Gasteiger partial charge in [-0.2, -0.15) is 5.48 Å². The first-order valence-corrected chi connectivity index (χ1v) is 5.53. The smallest absolute Gasteiger partial charge is 0.409 e. The minimum atomic E-state index is -0.571. The van der Waals surface area contributed by atoms with Crippen LogP contribution in [-0.4, -0.2) is 12.2 Å². The molecular weight excluding hydrogens is 206 g/mol. The minimum Gasteiger partial charge on any atom is -0.409 e. The molecule has 1 aliphatic rings. The Morgan fingerprint density at radius 2 is 1.88 bits per heavy atom. The summed E-state index contributed by atoms with van der Waals surface area (Å²) < 4.78 is 5.00. The predicted molar refractivity (Wildman–Crippen MR) is 58.9 cm³/mol. The highest BCUT2D eigenvalue weighted by atomic mass is 16.7. The number of hydrogen-bond acceptors (Lipinski definition) is 3. The number of carbonyl (C=O) groups is 1. The highest BCUT2D eigenvalue weighted by Gasteiger charge is 2.17. The molecule has 0 unspecified atom stereocenters. The van der Waals surface area contributed by atoms with E-state index in [0.29, 0.717) is 5.75 Å². The van der Waals surface area contributed by atoms with Crippen LogP contribution in [0.25, 0.3) is 0 Å². The van der Waals surface area contributed by atoms with Crippen LogP contribution in [0.15, 0.2) is 30.3 Å². The molecule has 0 spiro atoms. The van der Waals surface area contributed by atoms with Gasteiger partial charge < -0.3 is 4.74 Å². The van der Waals surface area contributed by atoms with Gasteiger partial charge in [-0.05, 0) is 25.0 Å². The standard InChI is InChI=1S/C12H15NO3/c14-12(13-16-11-8-4-5-9-11)15-10-6-2-1-3-7-10/h1-3,6-7,11H,4-5,8-9H2,(H,13,14). The molecule has 0 heterocycles. The first-order chi connectivity index (χ1) is 7.84. The maximum absolute atomic E-state index is 11.3. The zero-order chi connectivity index (χ0) is 11.2. The lowest BCUT2D eigenvalue weighted by atomic mass is 10.3. The van der Waals surface area contributed by atoms with E-state index in [1.807, 2.05) is 6.07 Å². The summed E-state index contributed by atoms with van der Waals surface area (Å²) in [6, 6.07) is 8.91. The van der Waals surface area contributed by atoms with Gasteiger partial charge in [-0.1, -0.05) is 31.0 Å². The van der Waals surface area contributed by atoms with Gasteiger partial charge in [0.05, 0.1) is 6.10 Å². The highest BCUT2D eigenvalue weighted by Crippen LogP contribution is 2.19. The van der Waals surface area contributed by atoms with Gasteiger partial charge in [0.15, 0.2) is 0 Å². The first kappa shape index (κ1) is 11.0. The van der Waals surface area contributed by atoms with E-state index in [2.05, 4.69) is 5.48 Å². The van der Waals surface area contributed by atoms with E-state index in [-0.39, 0.29) is 6.10 Å². The average molecular weight is 221 g/mol. The lowest BCUT2D eigenvalue weighted by Gasteiger charge is -2.11.